The molecule has 3 aliphatic carbocycles. The maximum atomic E-state index is 13.8. The summed E-state index contributed by atoms with van der Waals surface area (Å²) in [6, 6.07) is 11.1. The molecule has 0 bridgehead atoms. The first-order chi connectivity index (χ1) is 23.8. The number of amides is 2. The van der Waals surface area contributed by atoms with E-state index in [0.717, 1.165) is 24.0 Å². The van der Waals surface area contributed by atoms with Crippen LogP contribution < -0.4 is 10.1 Å². The Morgan fingerprint density at radius 1 is 0.765 bits per heavy atom. The van der Waals surface area contributed by atoms with Crippen LogP contribution in [0.5, 0.6) is 0 Å². The smallest absolute Gasteiger partial charge is 0.338 e. The van der Waals surface area contributed by atoms with Crippen LogP contribution in [0.4, 0.5) is 11.4 Å². The SMILES string of the molecule is CC(=O)ON(C(C)=O)c1ccc(C(=O)OC[C@]2(C)C=C3C(=O)C(C)(O)C4(CC4)C(C)=C3C2OC(=O)c2ccc(N(OC(C)=O)C(C)=O)cc2)cc1. The van der Waals surface area contributed by atoms with Gasteiger partial charge in [-0.1, -0.05) is 11.6 Å². The van der Waals surface area contributed by atoms with Gasteiger partial charge in [-0.25, -0.2) is 19.2 Å². The predicted octanol–water partition coefficient (Wildman–Crippen LogP) is 4.11. The second kappa shape index (κ2) is 13.2. The lowest BCUT2D eigenvalue weighted by atomic mass is 9.67. The molecule has 1 saturated carbocycles. The third-order valence-electron chi connectivity index (χ3n) is 9.54. The second-order valence-electron chi connectivity index (χ2n) is 13.3. The van der Waals surface area contributed by atoms with E-state index in [1.54, 1.807) is 19.9 Å². The molecule has 5 rings (SSSR count). The number of fused-ring (bicyclic) bond motifs is 1. The molecule has 0 aliphatic heterocycles. The summed E-state index contributed by atoms with van der Waals surface area (Å²) >= 11 is 0. The van der Waals surface area contributed by atoms with Gasteiger partial charge in [-0.05, 0) is 82.1 Å². The number of nitrogens with zero attached hydrogens (tertiary/aromatic N) is 2. The zero-order chi connectivity index (χ0) is 37.6. The fourth-order valence-electron chi connectivity index (χ4n) is 6.74. The first-order valence-corrected chi connectivity index (χ1v) is 16.1. The molecule has 0 saturated heterocycles. The highest BCUT2D eigenvalue weighted by atomic mass is 16.7. The molecule has 1 spiro atoms. The molecule has 2 unspecified atom stereocenters. The van der Waals surface area contributed by atoms with Gasteiger partial charge in [0, 0.05) is 44.3 Å². The molecule has 51 heavy (non-hydrogen) atoms. The molecule has 1 fully saturated rings. The number of carbonyl (C=O) groups is 7. The van der Waals surface area contributed by atoms with E-state index in [-0.39, 0.29) is 34.7 Å². The van der Waals surface area contributed by atoms with Crippen molar-refractivity contribution in [1.29, 1.82) is 0 Å². The minimum Gasteiger partial charge on any atom is -0.461 e. The average molecular weight is 703 g/mol. The van der Waals surface area contributed by atoms with Crippen molar-refractivity contribution < 1.29 is 57.8 Å². The minimum absolute atomic E-state index is 0.0832. The molecule has 1 N–H and O–H groups in total. The van der Waals surface area contributed by atoms with E-state index < -0.39 is 64.0 Å². The molecule has 2 aromatic rings. The van der Waals surface area contributed by atoms with Crippen LogP contribution in [0, 0.1) is 10.8 Å². The maximum Gasteiger partial charge on any atom is 0.338 e. The Balaban J connectivity index is 1.43. The van der Waals surface area contributed by atoms with Crippen molar-refractivity contribution in [2.45, 2.75) is 73.0 Å². The summed E-state index contributed by atoms with van der Waals surface area (Å²) in [4.78, 5) is 97.5. The largest absolute Gasteiger partial charge is 0.461 e. The summed E-state index contributed by atoms with van der Waals surface area (Å²) in [5, 5.41) is 13.0. The maximum absolute atomic E-state index is 13.8. The van der Waals surface area contributed by atoms with Crippen LogP contribution in [0.2, 0.25) is 0 Å². The van der Waals surface area contributed by atoms with Crippen LogP contribution >= 0.6 is 0 Å². The Morgan fingerprint density at radius 3 is 1.63 bits per heavy atom. The number of Topliss-reactive ketones (excluding diaryl/α,β-unsaturated/α-hetero) is 1. The number of hydroxylamine groups is 2. The van der Waals surface area contributed by atoms with Gasteiger partial charge >= 0.3 is 23.9 Å². The van der Waals surface area contributed by atoms with Crippen LogP contribution in [0.25, 0.3) is 0 Å². The molecular weight excluding hydrogens is 664 g/mol. The van der Waals surface area contributed by atoms with Crippen molar-refractivity contribution in [3.63, 3.8) is 0 Å². The molecule has 0 radical (unpaired) electrons. The molecule has 14 nitrogen and oxygen atoms in total. The summed E-state index contributed by atoms with van der Waals surface area (Å²) in [6.45, 7) is 9.32. The quantitative estimate of drug-likeness (QED) is 0.322. The topological polar surface area (TPSA) is 183 Å². The Morgan fingerprint density at radius 2 is 1.22 bits per heavy atom. The standard InChI is InChI=1S/C37H38N2O12/c1-20-30-29(31(44)36(7,47)37(20)16-17-37)18-35(6,19-48-33(45)25-8-12-27(13-9-25)38(21(2)40)50-23(4)42)32(30)49-34(46)26-10-14-28(15-11-26)39(22(3)41)51-24(5)43/h8-15,18,32,47H,16-17,19H2,1-7H3/t32?,35-,36?/m0/s1. The number of carbonyl (C=O) groups excluding carboxylic acids is 7. The number of hydrogen-bond acceptors (Lipinski definition) is 12. The average Bonchev–Trinajstić information content (AvgIpc) is 3.84. The third kappa shape index (κ3) is 6.66. The molecule has 0 aromatic heterocycles. The summed E-state index contributed by atoms with van der Waals surface area (Å²) in [7, 11) is 0. The molecule has 2 aromatic carbocycles. The van der Waals surface area contributed by atoms with E-state index in [0.29, 0.717) is 24.0 Å². The van der Waals surface area contributed by atoms with Crippen LogP contribution in [-0.2, 0) is 43.1 Å². The summed E-state index contributed by atoms with van der Waals surface area (Å²) in [5.74, 6) is -4.62. The predicted molar refractivity (Wildman–Crippen MR) is 178 cm³/mol. The lowest BCUT2D eigenvalue weighted by molar-refractivity contribution is -0.147. The number of hydrogen-bond donors (Lipinski definition) is 1. The molecular formula is C37H38N2O12. The normalized spacial score (nSPS) is 22.7. The van der Waals surface area contributed by atoms with Crippen LogP contribution in [0.15, 0.2) is 71.3 Å². The fraction of sp³-hybridized carbons (Fsp3) is 0.378. The minimum atomic E-state index is -1.69. The van der Waals surface area contributed by atoms with E-state index in [2.05, 4.69) is 0 Å². The van der Waals surface area contributed by atoms with E-state index in [1.807, 2.05) is 0 Å². The van der Waals surface area contributed by atoms with Gasteiger partial charge < -0.3 is 24.3 Å². The first-order valence-electron chi connectivity index (χ1n) is 16.1. The molecule has 3 aliphatic rings. The number of ether oxygens (including phenoxy) is 2. The Kier molecular flexibility index (Phi) is 9.52. The summed E-state index contributed by atoms with van der Waals surface area (Å²) < 4.78 is 11.8. The van der Waals surface area contributed by atoms with Gasteiger partial charge in [-0.2, -0.15) is 0 Å². The molecule has 14 heteroatoms. The Labute approximate surface area is 293 Å². The Bertz CT molecular complexity index is 1900. The van der Waals surface area contributed by atoms with Gasteiger partial charge in [-0.15, -0.1) is 10.1 Å². The van der Waals surface area contributed by atoms with Gasteiger partial charge in [0.1, 0.15) is 18.3 Å². The summed E-state index contributed by atoms with van der Waals surface area (Å²) in [6.07, 6.45) is 1.59. The van der Waals surface area contributed by atoms with Crippen molar-refractivity contribution in [3.8, 4) is 0 Å². The molecule has 0 heterocycles. The van der Waals surface area contributed by atoms with Crippen LogP contribution in [0.1, 0.15) is 82.0 Å². The number of aliphatic hydroxyl groups is 1. The second-order valence-corrected chi connectivity index (χ2v) is 13.3. The number of esters is 2. The van der Waals surface area contributed by atoms with Crippen molar-refractivity contribution in [1.82, 2.24) is 0 Å². The molecule has 2 amide bonds. The lowest BCUT2D eigenvalue weighted by Crippen LogP contribution is -2.50. The number of benzene rings is 2. The van der Waals surface area contributed by atoms with Crippen molar-refractivity contribution in [2.24, 2.45) is 10.8 Å². The number of ketones is 1. The zero-order valence-electron chi connectivity index (χ0n) is 29.2. The van der Waals surface area contributed by atoms with Gasteiger partial charge in [0.25, 0.3) is 11.8 Å². The van der Waals surface area contributed by atoms with Crippen molar-refractivity contribution in [2.75, 3.05) is 16.7 Å². The van der Waals surface area contributed by atoms with Gasteiger partial charge in [0.15, 0.2) is 5.78 Å². The lowest BCUT2D eigenvalue weighted by Gasteiger charge is -2.40. The summed E-state index contributed by atoms with van der Waals surface area (Å²) in [5.41, 5.74) is -1.85. The van der Waals surface area contributed by atoms with E-state index in [1.165, 1.54) is 69.3 Å². The van der Waals surface area contributed by atoms with E-state index >= 15 is 0 Å². The third-order valence-corrected chi connectivity index (χ3v) is 9.54. The highest BCUT2D eigenvalue weighted by Gasteiger charge is 2.67. The highest BCUT2D eigenvalue weighted by molar-refractivity contribution is 6.09. The van der Waals surface area contributed by atoms with E-state index in [4.69, 9.17) is 19.1 Å². The Hall–Kier alpha value is -5.63. The van der Waals surface area contributed by atoms with Gasteiger partial charge in [-0.3, -0.25) is 14.4 Å². The number of anilines is 2. The van der Waals surface area contributed by atoms with Crippen molar-refractivity contribution >= 4 is 52.8 Å². The van der Waals surface area contributed by atoms with Crippen molar-refractivity contribution in [3.05, 3.63) is 82.5 Å². The van der Waals surface area contributed by atoms with E-state index in [9.17, 15) is 38.7 Å². The van der Waals surface area contributed by atoms with Crippen LogP contribution in [-0.4, -0.2) is 64.9 Å². The van der Waals surface area contributed by atoms with Crippen LogP contribution in [0.3, 0.4) is 0 Å². The zero-order valence-corrected chi connectivity index (χ0v) is 29.2. The van der Waals surface area contributed by atoms with Gasteiger partial charge in [0.05, 0.1) is 27.9 Å². The first kappa shape index (κ1) is 36.6. The molecule has 3 atom stereocenters. The fourth-order valence-corrected chi connectivity index (χ4v) is 6.74. The number of rotatable bonds is 7. The monoisotopic (exact) mass is 702 g/mol. The van der Waals surface area contributed by atoms with Gasteiger partial charge in [0.2, 0.25) is 0 Å². The highest BCUT2D eigenvalue weighted by Crippen LogP contribution is 2.66. The molecule has 268 valence electrons.